The molecule has 94 valence electrons. The lowest BCUT2D eigenvalue weighted by atomic mass is 10.3. The minimum absolute atomic E-state index is 0.484. The topological polar surface area (TPSA) is 55.4 Å². The number of hydrogen-bond donors (Lipinski definition) is 1. The third-order valence-corrected chi connectivity index (χ3v) is 1.30. The van der Waals surface area contributed by atoms with Crippen molar-refractivity contribution in [2.24, 2.45) is 0 Å². The molecular formula is C6H5F6NO3. The van der Waals surface area contributed by atoms with Crippen LogP contribution in [0.25, 0.3) is 0 Å². The standard InChI is InChI=1S/C6H5F6NO3/c1-16-3(14)2(5(7,8)9)13-4(15)6(10,11)12/h2H,1H3,(H,13,15)/t2-/m1/s1. The summed E-state index contributed by atoms with van der Waals surface area (Å²) in [5.41, 5.74) is 0. The highest BCUT2D eigenvalue weighted by molar-refractivity contribution is 5.88. The molecule has 0 heterocycles. The molecule has 0 rings (SSSR count). The number of hydrogen-bond acceptors (Lipinski definition) is 3. The Morgan fingerprint density at radius 1 is 1.12 bits per heavy atom. The summed E-state index contributed by atoms with van der Waals surface area (Å²) in [5, 5.41) is 0.484. The van der Waals surface area contributed by atoms with Crippen LogP contribution < -0.4 is 5.32 Å². The Kier molecular flexibility index (Phi) is 4.15. The van der Waals surface area contributed by atoms with Gasteiger partial charge in [-0.05, 0) is 0 Å². The third-order valence-electron chi connectivity index (χ3n) is 1.30. The molecule has 0 radical (unpaired) electrons. The molecule has 0 aliphatic heterocycles. The quantitative estimate of drug-likeness (QED) is 0.584. The summed E-state index contributed by atoms with van der Waals surface area (Å²) in [6.07, 6.45) is -10.9. The smallest absolute Gasteiger partial charge is 0.467 e. The van der Waals surface area contributed by atoms with E-state index in [2.05, 4.69) is 4.74 Å². The lowest BCUT2D eigenvalue weighted by Crippen LogP contribution is -2.54. The second-order valence-corrected chi connectivity index (χ2v) is 2.47. The molecule has 0 spiro atoms. The summed E-state index contributed by atoms with van der Waals surface area (Å²) in [7, 11) is 0.542. The van der Waals surface area contributed by atoms with Crippen LogP contribution in [0.4, 0.5) is 26.3 Å². The van der Waals surface area contributed by atoms with Gasteiger partial charge in [-0.3, -0.25) is 4.79 Å². The fourth-order valence-electron chi connectivity index (χ4n) is 0.605. The van der Waals surface area contributed by atoms with Gasteiger partial charge in [0.1, 0.15) is 0 Å². The average molecular weight is 253 g/mol. The van der Waals surface area contributed by atoms with E-state index in [1.165, 1.54) is 0 Å². The highest BCUT2D eigenvalue weighted by Gasteiger charge is 2.51. The zero-order valence-electron chi connectivity index (χ0n) is 7.57. The summed E-state index contributed by atoms with van der Waals surface area (Å²) >= 11 is 0. The van der Waals surface area contributed by atoms with Crippen LogP contribution in [0.2, 0.25) is 0 Å². The van der Waals surface area contributed by atoms with E-state index in [-0.39, 0.29) is 0 Å². The molecule has 0 saturated heterocycles. The van der Waals surface area contributed by atoms with E-state index in [4.69, 9.17) is 0 Å². The van der Waals surface area contributed by atoms with Gasteiger partial charge in [0, 0.05) is 0 Å². The van der Waals surface area contributed by atoms with Gasteiger partial charge < -0.3 is 10.1 Å². The van der Waals surface area contributed by atoms with Gasteiger partial charge >= 0.3 is 24.2 Å². The van der Waals surface area contributed by atoms with Gasteiger partial charge in [0.2, 0.25) is 6.04 Å². The van der Waals surface area contributed by atoms with Gasteiger partial charge in [-0.2, -0.15) is 26.3 Å². The van der Waals surface area contributed by atoms with Gasteiger partial charge in [-0.1, -0.05) is 0 Å². The van der Waals surface area contributed by atoms with Crippen LogP contribution in [0.3, 0.4) is 0 Å². The first-order chi connectivity index (χ1) is 7.00. The summed E-state index contributed by atoms with van der Waals surface area (Å²) in [5.74, 6) is -4.91. The van der Waals surface area contributed by atoms with Crippen LogP contribution >= 0.6 is 0 Å². The second-order valence-electron chi connectivity index (χ2n) is 2.47. The normalized spacial score (nSPS) is 14.2. The monoisotopic (exact) mass is 253 g/mol. The molecule has 0 saturated carbocycles. The second kappa shape index (κ2) is 4.58. The van der Waals surface area contributed by atoms with Crippen molar-refractivity contribution in [3.8, 4) is 0 Å². The van der Waals surface area contributed by atoms with Crippen molar-refractivity contribution in [1.82, 2.24) is 5.32 Å². The first-order valence-electron chi connectivity index (χ1n) is 3.52. The van der Waals surface area contributed by atoms with Crippen molar-refractivity contribution >= 4 is 11.9 Å². The average Bonchev–Trinajstić information content (AvgIpc) is 2.09. The Hall–Kier alpha value is -1.48. The largest absolute Gasteiger partial charge is 0.471 e. The van der Waals surface area contributed by atoms with Crippen LogP contribution in [0.5, 0.6) is 0 Å². The summed E-state index contributed by atoms with van der Waals surface area (Å²) in [4.78, 5) is 20.7. The van der Waals surface area contributed by atoms with E-state index in [1.54, 1.807) is 0 Å². The van der Waals surface area contributed by atoms with Gasteiger partial charge in [-0.15, -0.1) is 0 Å². The van der Waals surface area contributed by atoms with Gasteiger partial charge in [0.05, 0.1) is 7.11 Å². The fourth-order valence-corrected chi connectivity index (χ4v) is 0.605. The number of nitrogens with one attached hydrogen (secondary N) is 1. The van der Waals surface area contributed by atoms with E-state index in [0.717, 1.165) is 0 Å². The Morgan fingerprint density at radius 3 is 1.81 bits per heavy atom. The first-order valence-corrected chi connectivity index (χ1v) is 3.52. The zero-order valence-corrected chi connectivity index (χ0v) is 7.57. The van der Waals surface area contributed by atoms with Gasteiger partial charge in [0.15, 0.2) is 0 Å². The molecule has 0 aromatic heterocycles. The molecule has 1 N–H and O–H groups in total. The number of halogens is 6. The summed E-state index contributed by atoms with van der Waals surface area (Å²) < 4.78 is 74.6. The van der Waals surface area contributed by atoms with E-state index in [1.807, 2.05) is 0 Å². The highest BCUT2D eigenvalue weighted by Crippen LogP contribution is 2.23. The lowest BCUT2D eigenvalue weighted by Gasteiger charge is -2.19. The van der Waals surface area contributed by atoms with E-state index < -0.39 is 30.3 Å². The molecule has 10 heteroatoms. The molecule has 0 aromatic rings. The number of ether oxygens (including phenoxy) is 1. The van der Waals surface area contributed by atoms with Crippen molar-refractivity contribution in [2.45, 2.75) is 18.4 Å². The van der Waals surface area contributed by atoms with Crippen LogP contribution in [0, 0.1) is 0 Å². The van der Waals surface area contributed by atoms with Crippen LogP contribution in [-0.2, 0) is 14.3 Å². The van der Waals surface area contributed by atoms with Crippen molar-refractivity contribution in [1.29, 1.82) is 0 Å². The maximum absolute atomic E-state index is 12.0. The number of esters is 1. The summed E-state index contributed by atoms with van der Waals surface area (Å²) in [6, 6.07) is -3.34. The van der Waals surface area contributed by atoms with Crippen LogP contribution in [0.1, 0.15) is 0 Å². The predicted octanol–water partition coefficient (Wildman–Crippen LogP) is 0.769. The maximum Gasteiger partial charge on any atom is 0.471 e. The Morgan fingerprint density at radius 2 is 1.56 bits per heavy atom. The van der Waals surface area contributed by atoms with Crippen molar-refractivity contribution in [2.75, 3.05) is 7.11 Å². The van der Waals surface area contributed by atoms with Crippen molar-refractivity contribution in [3.05, 3.63) is 0 Å². The molecular weight excluding hydrogens is 248 g/mol. The van der Waals surface area contributed by atoms with E-state index >= 15 is 0 Å². The summed E-state index contributed by atoms with van der Waals surface area (Å²) in [6.45, 7) is 0. The minimum Gasteiger partial charge on any atom is -0.467 e. The molecule has 0 aliphatic rings. The third kappa shape index (κ3) is 3.95. The Labute approximate surface area is 84.5 Å². The zero-order chi connectivity index (χ0) is 13.1. The number of methoxy groups -OCH3 is 1. The number of alkyl halides is 6. The van der Waals surface area contributed by atoms with Crippen LogP contribution in [-0.4, -0.2) is 37.4 Å². The predicted molar refractivity (Wildman–Crippen MR) is 36.1 cm³/mol. The molecule has 4 nitrogen and oxygen atoms in total. The molecule has 0 aliphatic carbocycles. The Bertz CT molecular complexity index is 283. The molecule has 0 bridgehead atoms. The molecule has 1 atom stereocenters. The maximum atomic E-state index is 12.0. The number of rotatable bonds is 2. The lowest BCUT2D eigenvalue weighted by molar-refractivity contribution is -0.195. The molecule has 0 unspecified atom stereocenters. The van der Waals surface area contributed by atoms with E-state index in [9.17, 15) is 35.9 Å². The van der Waals surface area contributed by atoms with Crippen molar-refractivity contribution < 1.29 is 40.7 Å². The fraction of sp³-hybridized carbons (Fsp3) is 0.667. The van der Waals surface area contributed by atoms with Crippen LogP contribution in [0.15, 0.2) is 0 Å². The minimum atomic E-state index is -5.52. The number of carbonyl (C=O) groups excluding carboxylic acids is 2. The van der Waals surface area contributed by atoms with E-state index in [0.29, 0.717) is 12.4 Å². The molecule has 0 fully saturated rings. The molecule has 0 aromatic carbocycles. The van der Waals surface area contributed by atoms with Crippen molar-refractivity contribution in [3.63, 3.8) is 0 Å². The van der Waals surface area contributed by atoms with Gasteiger partial charge in [-0.25, -0.2) is 4.79 Å². The molecule has 16 heavy (non-hydrogen) atoms. The highest BCUT2D eigenvalue weighted by atomic mass is 19.4. The first kappa shape index (κ1) is 14.5. The SMILES string of the molecule is COC(=O)[C@@H](NC(=O)C(F)(F)F)C(F)(F)F. The number of amides is 1. The Balaban J connectivity index is 4.84. The van der Waals surface area contributed by atoms with Gasteiger partial charge in [0.25, 0.3) is 0 Å². The molecule has 1 amide bonds. The number of carbonyl (C=O) groups is 2.